The monoisotopic (exact) mass is 448 g/mol. The molecule has 0 aliphatic heterocycles. The highest BCUT2D eigenvalue weighted by Gasteiger charge is 2.19. The van der Waals surface area contributed by atoms with E-state index in [4.69, 9.17) is 23.2 Å². The van der Waals surface area contributed by atoms with Crippen molar-refractivity contribution in [1.29, 1.82) is 0 Å². The number of hydrogen-bond donors (Lipinski definition) is 2. The zero-order chi connectivity index (χ0) is 21.0. The first kappa shape index (κ1) is 21.2. The Hall–Kier alpha value is -2.54. The first-order valence-electron chi connectivity index (χ1n) is 8.70. The van der Waals surface area contributed by atoms with E-state index in [9.17, 15) is 13.2 Å². The van der Waals surface area contributed by atoms with E-state index in [2.05, 4.69) is 10.0 Å². The molecular formula is C21H18Cl2N2O3S. The summed E-state index contributed by atoms with van der Waals surface area (Å²) in [5, 5.41) is 3.19. The summed E-state index contributed by atoms with van der Waals surface area (Å²) >= 11 is 11.9. The third-order valence-corrected chi connectivity index (χ3v) is 6.30. The van der Waals surface area contributed by atoms with E-state index in [1.54, 1.807) is 18.2 Å². The average Bonchev–Trinajstić information content (AvgIpc) is 2.70. The summed E-state index contributed by atoms with van der Waals surface area (Å²) in [6.07, 6.45) is 0. The van der Waals surface area contributed by atoms with Crippen molar-refractivity contribution in [2.75, 3.05) is 4.72 Å². The molecule has 29 heavy (non-hydrogen) atoms. The van der Waals surface area contributed by atoms with Gasteiger partial charge in [-0.05, 0) is 48.9 Å². The highest BCUT2D eigenvalue weighted by atomic mass is 35.5. The Morgan fingerprint density at radius 2 is 1.66 bits per heavy atom. The lowest BCUT2D eigenvalue weighted by atomic mass is 10.1. The minimum atomic E-state index is -3.97. The Morgan fingerprint density at radius 3 is 2.38 bits per heavy atom. The lowest BCUT2D eigenvalue weighted by Gasteiger charge is -2.15. The van der Waals surface area contributed by atoms with Gasteiger partial charge in [0.2, 0.25) is 0 Å². The molecule has 0 spiro atoms. The van der Waals surface area contributed by atoms with Crippen molar-refractivity contribution in [3.63, 3.8) is 0 Å². The molecule has 2 N–H and O–H groups in total. The fourth-order valence-corrected chi connectivity index (χ4v) is 4.54. The van der Waals surface area contributed by atoms with Gasteiger partial charge < -0.3 is 5.32 Å². The van der Waals surface area contributed by atoms with Gasteiger partial charge in [-0.1, -0.05) is 59.6 Å². The first-order valence-corrected chi connectivity index (χ1v) is 10.9. The summed E-state index contributed by atoms with van der Waals surface area (Å²) in [6.45, 7) is 1.88. The molecule has 0 bridgehead atoms. The molecule has 150 valence electrons. The standard InChI is InChI=1S/C21H18Cl2N2O3S/c1-14(15-6-3-2-4-7-15)24-21(26)16-8-5-9-18(12-16)25-29(27,28)20-13-17(22)10-11-19(20)23/h2-14,25H,1H3,(H,24,26)/t14-/m0/s1. The van der Waals surface area contributed by atoms with Crippen LogP contribution >= 0.6 is 23.2 Å². The zero-order valence-corrected chi connectivity index (χ0v) is 17.7. The van der Waals surface area contributed by atoms with Gasteiger partial charge in [0.1, 0.15) is 4.90 Å². The molecular weight excluding hydrogens is 431 g/mol. The second-order valence-corrected chi connectivity index (χ2v) is 8.86. The van der Waals surface area contributed by atoms with Crippen molar-refractivity contribution < 1.29 is 13.2 Å². The Kier molecular flexibility index (Phi) is 6.47. The van der Waals surface area contributed by atoms with E-state index in [1.807, 2.05) is 37.3 Å². The summed E-state index contributed by atoms with van der Waals surface area (Å²) < 4.78 is 27.8. The van der Waals surface area contributed by atoms with Crippen LogP contribution in [0.4, 0.5) is 5.69 Å². The van der Waals surface area contributed by atoms with Crippen LogP contribution in [0, 0.1) is 0 Å². The predicted octanol–water partition coefficient (Wildman–Crippen LogP) is 5.29. The second-order valence-electron chi connectivity index (χ2n) is 6.37. The van der Waals surface area contributed by atoms with Crippen molar-refractivity contribution in [3.8, 4) is 0 Å². The molecule has 0 aliphatic carbocycles. The molecule has 3 rings (SSSR count). The minimum Gasteiger partial charge on any atom is -0.346 e. The highest BCUT2D eigenvalue weighted by molar-refractivity contribution is 7.92. The molecule has 8 heteroatoms. The van der Waals surface area contributed by atoms with Crippen LogP contribution in [0.3, 0.4) is 0 Å². The van der Waals surface area contributed by atoms with Gasteiger partial charge in [0, 0.05) is 16.3 Å². The van der Waals surface area contributed by atoms with Gasteiger partial charge in [-0.15, -0.1) is 0 Å². The summed E-state index contributed by atoms with van der Waals surface area (Å²) in [5.41, 5.74) is 1.53. The van der Waals surface area contributed by atoms with E-state index >= 15 is 0 Å². The summed E-state index contributed by atoms with van der Waals surface area (Å²) in [4.78, 5) is 12.4. The number of halogens is 2. The number of benzene rings is 3. The van der Waals surface area contributed by atoms with Crippen LogP contribution in [0.25, 0.3) is 0 Å². The quantitative estimate of drug-likeness (QED) is 0.537. The maximum absolute atomic E-state index is 12.7. The van der Waals surface area contributed by atoms with Gasteiger partial charge in [0.05, 0.1) is 11.1 Å². The molecule has 1 atom stereocenters. The van der Waals surface area contributed by atoms with Crippen LogP contribution < -0.4 is 10.0 Å². The van der Waals surface area contributed by atoms with E-state index in [0.29, 0.717) is 5.56 Å². The number of nitrogens with one attached hydrogen (secondary N) is 2. The molecule has 0 aliphatic rings. The SMILES string of the molecule is C[C@H](NC(=O)c1cccc(NS(=O)(=O)c2cc(Cl)ccc2Cl)c1)c1ccccc1. The second kappa shape index (κ2) is 8.86. The van der Waals surface area contributed by atoms with Gasteiger partial charge in [0.25, 0.3) is 15.9 Å². The molecule has 0 fully saturated rings. The fourth-order valence-electron chi connectivity index (χ4n) is 2.72. The highest BCUT2D eigenvalue weighted by Crippen LogP contribution is 2.27. The van der Waals surface area contributed by atoms with Crippen LogP contribution in [0.5, 0.6) is 0 Å². The van der Waals surface area contributed by atoms with Gasteiger partial charge >= 0.3 is 0 Å². The van der Waals surface area contributed by atoms with E-state index < -0.39 is 10.0 Å². The van der Waals surface area contributed by atoms with Crippen LogP contribution in [-0.2, 0) is 10.0 Å². The number of sulfonamides is 1. The molecule has 5 nitrogen and oxygen atoms in total. The number of amides is 1. The summed E-state index contributed by atoms with van der Waals surface area (Å²) in [5.74, 6) is -0.316. The minimum absolute atomic E-state index is 0.0486. The molecule has 0 saturated carbocycles. The van der Waals surface area contributed by atoms with Crippen LogP contribution in [0.2, 0.25) is 10.0 Å². The van der Waals surface area contributed by atoms with Crippen LogP contribution in [-0.4, -0.2) is 14.3 Å². The molecule has 0 heterocycles. The summed E-state index contributed by atoms with van der Waals surface area (Å²) in [6, 6.07) is 19.7. The normalized spacial score (nSPS) is 12.2. The topological polar surface area (TPSA) is 75.3 Å². The molecule has 3 aromatic rings. The van der Waals surface area contributed by atoms with Crippen molar-refractivity contribution in [2.45, 2.75) is 17.9 Å². The number of hydrogen-bond acceptors (Lipinski definition) is 3. The van der Waals surface area contributed by atoms with Crippen LogP contribution in [0.15, 0.2) is 77.7 Å². The Bertz CT molecular complexity index is 1140. The van der Waals surface area contributed by atoms with Gasteiger partial charge in [-0.25, -0.2) is 8.42 Å². The Balaban J connectivity index is 1.79. The van der Waals surface area contributed by atoms with Gasteiger partial charge in [-0.3, -0.25) is 9.52 Å². The number of rotatable bonds is 6. The Morgan fingerprint density at radius 1 is 0.931 bits per heavy atom. The predicted molar refractivity (Wildman–Crippen MR) is 116 cm³/mol. The molecule has 0 unspecified atom stereocenters. The van der Waals surface area contributed by atoms with Crippen LogP contribution in [0.1, 0.15) is 28.9 Å². The van der Waals surface area contributed by atoms with Crippen molar-refractivity contribution >= 4 is 44.8 Å². The maximum Gasteiger partial charge on any atom is 0.263 e. The molecule has 0 saturated heterocycles. The van der Waals surface area contributed by atoms with E-state index in [0.717, 1.165) is 5.56 Å². The average molecular weight is 449 g/mol. The summed E-state index contributed by atoms with van der Waals surface area (Å²) in [7, 11) is -3.97. The number of carbonyl (C=O) groups excluding carboxylic acids is 1. The lowest BCUT2D eigenvalue weighted by Crippen LogP contribution is -2.26. The fraction of sp³-hybridized carbons (Fsp3) is 0.0952. The third kappa shape index (κ3) is 5.29. The van der Waals surface area contributed by atoms with Crippen molar-refractivity contribution in [1.82, 2.24) is 5.32 Å². The van der Waals surface area contributed by atoms with Crippen molar-refractivity contribution in [2.24, 2.45) is 0 Å². The van der Waals surface area contributed by atoms with E-state index in [1.165, 1.54) is 24.3 Å². The van der Waals surface area contributed by atoms with E-state index in [-0.39, 0.29) is 32.6 Å². The van der Waals surface area contributed by atoms with Crippen molar-refractivity contribution in [3.05, 3.63) is 94.0 Å². The third-order valence-electron chi connectivity index (χ3n) is 4.21. The Labute approximate surface area is 179 Å². The molecule has 0 radical (unpaired) electrons. The molecule has 0 aromatic heterocycles. The number of carbonyl (C=O) groups is 1. The number of anilines is 1. The lowest BCUT2D eigenvalue weighted by molar-refractivity contribution is 0.0940. The zero-order valence-electron chi connectivity index (χ0n) is 15.4. The maximum atomic E-state index is 12.7. The molecule has 1 amide bonds. The molecule has 3 aromatic carbocycles. The van der Waals surface area contributed by atoms with Gasteiger partial charge in [-0.2, -0.15) is 0 Å². The largest absolute Gasteiger partial charge is 0.346 e. The first-order chi connectivity index (χ1) is 13.8. The smallest absolute Gasteiger partial charge is 0.263 e. The van der Waals surface area contributed by atoms with Gasteiger partial charge in [0.15, 0.2) is 0 Å².